The minimum atomic E-state index is 0.399. The van der Waals surface area contributed by atoms with Crippen molar-refractivity contribution in [1.29, 1.82) is 0 Å². The summed E-state index contributed by atoms with van der Waals surface area (Å²) in [6.45, 7) is 0. The third-order valence-electron chi connectivity index (χ3n) is 4.89. The number of anilines is 4. The summed E-state index contributed by atoms with van der Waals surface area (Å²) in [6, 6.07) is 36.4. The summed E-state index contributed by atoms with van der Waals surface area (Å²) in [4.78, 5) is 2.21. The van der Waals surface area contributed by atoms with Gasteiger partial charge in [0.1, 0.15) is 5.75 Å². The first-order chi connectivity index (χ1) is 16.2. The van der Waals surface area contributed by atoms with Crippen molar-refractivity contribution in [3.05, 3.63) is 115 Å². The van der Waals surface area contributed by atoms with Crippen molar-refractivity contribution in [2.75, 3.05) is 17.3 Å². The largest absolute Gasteiger partial charge is 0.497 e. The lowest BCUT2D eigenvalue weighted by Gasteiger charge is -2.25. The number of ether oxygens (including phenoxy) is 1. The monoisotopic (exact) mass is 452 g/mol. The maximum Gasteiger partial charge on any atom is 0.191 e. The molecule has 0 aliphatic rings. The molecule has 0 aromatic heterocycles. The number of hydrazone groups is 1. The highest BCUT2D eigenvalue weighted by Gasteiger charge is 2.11. The Morgan fingerprint density at radius 2 is 1.39 bits per heavy atom. The summed E-state index contributed by atoms with van der Waals surface area (Å²) in [5, 5.41) is 7.73. The second kappa shape index (κ2) is 10.9. The highest BCUT2D eigenvalue weighted by atomic mass is 32.1. The van der Waals surface area contributed by atoms with Crippen molar-refractivity contribution in [2.45, 2.75) is 0 Å². The molecule has 0 amide bonds. The molecule has 4 aromatic rings. The van der Waals surface area contributed by atoms with Crippen molar-refractivity contribution in [1.82, 2.24) is 5.43 Å². The molecule has 5 nitrogen and oxygen atoms in total. The van der Waals surface area contributed by atoms with Crippen LogP contribution in [0.4, 0.5) is 22.7 Å². The lowest BCUT2D eigenvalue weighted by Crippen LogP contribution is -2.23. The number of thiocarbonyl (C=S) groups is 1. The summed E-state index contributed by atoms with van der Waals surface area (Å²) in [5.74, 6) is 0.756. The van der Waals surface area contributed by atoms with Crippen LogP contribution in [-0.2, 0) is 0 Å². The lowest BCUT2D eigenvalue weighted by atomic mass is 10.1. The Balaban J connectivity index is 1.43. The predicted octanol–water partition coefficient (Wildman–Crippen LogP) is 6.49. The Morgan fingerprint density at radius 3 is 2.00 bits per heavy atom. The molecular formula is C27H24N4OS. The summed E-state index contributed by atoms with van der Waals surface area (Å²) in [7, 11) is 1.63. The summed E-state index contributed by atoms with van der Waals surface area (Å²) >= 11 is 5.31. The van der Waals surface area contributed by atoms with Gasteiger partial charge in [-0.3, -0.25) is 5.43 Å². The lowest BCUT2D eigenvalue weighted by molar-refractivity contribution is 0.415. The fourth-order valence-electron chi connectivity index (χ4n) is 3.34. The molecule has 0 spiro atoms. The quantitative estimate of drug-likeness (QED) is 0.191. The van der Waals surface area contributed by atoms with Crippen molar-refractivity contribution < 1.29 is 4.74 Å². The first-order valence-electron chi connectivity index (χ1n) is 10.5. The molecule has 2 N–H and O–H groups in total. The van der Waals surface area contributed by atoms with Gasteiger partial charge in [0, 0.05) is 28.8 Å². The van der Waals surface area contributed by atoms with E-state index in [0.717, 1.165) is 34.1 Å². The van der Waals surface area contributed by atoms with E-state index in [2.05, 4.69) is 57.1 Å². The van der Waals surface area contributed by atoms with Gasteiger partial charge in [-0.2, -0.15) is 5.10 Å². The van der Waals surface area contributed by atoms with Gasteiger partial charge in [0.2, 0.25) is 0 Å². The highest BCUT2D eigenvalue weighted by Crippen LogP contribution is 2.33. The van der Waals surface area contributed by atoms with E-state index in [1.54, 1.807) is 13.3 Å². The first-order valence-corrected chi connectivity index (χ1v) is 10.9. The van der Waals surface area contributed by atoms with E-state index < -0.39 is 0 Å². The average Bonchev–Trinajstić information content (AvgIpc) is 2.86. The first kappa shape index (κ1) is 22.0. The van der Waals surface area contributed by atoms with Crippen LogP contribution in [0.2, 0.25) is 0 Å². The molecule has 0 fully saturated rings. The van der Waals surface area contributed by atoms with Gasteiger partial charge in [0.15, 0.2) is 5.11 Å². The van der Waals surface area contributed by atoms with Gasteiger partial charge >= 0.3 is 0 Å². The Labute approximate surface area is 199 Å². The topological polar surface area (TPSA) is 48.9 Å². The molecule has 0 radical (unpaired) electrons. The molecule has 0 saturated carbocycles. The number of para-hydroxylation sites is 2. The number of nitrogens with one attached hydrogen (secondary N) is 2. The van der Waals surface area contributed by atoms with Crippen LogP contribution < -0.4 is 20.4 Å². The molecule has 33 heavy (non-hydrogen) atoms. The van der Waals surface area contributed by atoms with Crippen LogP contribution in [0.1, 0.15) is 5.56 Å². The van der Waals surface area contributed by atoms with Crippen molar-refractivity contribution in [3.63, 3.8) is 0 Å². The number of methoxy groups -OCH3 is 1. The molecule has 0 aliphatic heterocycles. The number of benzene rings is 4. The summed E-state index contributed by atoms with van der Waals surface area (Å²) < 4.78 is 5.22. The Kier molecular flexibility index (Phi) is 7.30. The SMILES string of the molecule is COc1cccc(NC(=S)NN=Cc2ccc(N(c3ccccc3)c3ccccc3)cc2)c1. The van der Waals surface area contributed by atoms with Gasteiger partial charge in [0.25, 0.3) is 0 Å². The number of hydrogen-bond donors (Lipinski definition) is 2. The van der Waals surface area contributed by atoms with Crippen LogP contribution in [0.25, 0.3) is 0 Å². The molecule has 4 rings (SSSR count). The van der Waals surface area contributed by atoms with Gasteiger partial charge in [0.05, 0.1) is 13.3 Å². The van der Waals surface area contributed by atoms with E-state index in [1.807, 2.05) is 72.8 Å². The Hall–Kier alpha value is -4.16. The molecule has 4 aromatic carbocycles. The van der Waals surface area contributed by atoms with E-state index in [9.17, 15) is 0 Å². The van der Waals surface area contributed by atoms with Gasteiger partial charge < -0.3 is 15.0 Å². The molecule has 0 saturated heterocycles. The van der Waals surface area contributed by atoms with E-state index in [-0.39, 0.29) is 0 Å². The Morgan fingerprint density at radius 1 is 0.788 bits per heavy atom. The maximum absolute atomic E-state index is 5.31. The third-order valence-corrected chi connectivity index (χ3v) is 5.08. The zero-order valence-corrected chi connectivity index (χ0v) is 19.0. The van der Waals surface area contributed by atoms with Gasteiger partial charge in [-0.1, -0.05) is 54.6 Å². The van der Waals surface area contributed by atoms with E-state index in [4.69, 9.17) is 17.0 Å². The molecule has 6 heteroatoms. The molecule has 0 atom stereocenters. The van der Waals surface area contributed by atoms with Crippen LogP contribution in [-0.4, -0.2) is 18.4 Å². The van der Waals surface area contributed by atoms with Crippen LogP contribution in [0, 0.1) is 0 Å². The molecular weight excluding hydrogens is 428 g/mol. The van der Waals surface area contributed by atoms with Crippen molar-refractivity contribution in [3.8, 4) is 5.75 Å². The second-order valence-electron chi connectivity index (χ2n) is 7.15. The minimum Gasteiger partial charge on any atom is -0.497 e. The summed E-state index contributed by atoms with van der Waals surface area (Å²) in [5.41, 5.74) is 7.89. The van der Waals surface area contributed by atoms with Crippen LogP contribution in [0.5, 0.6) is 5.75 Å². The second-order valence-corrected chi connectivity index (χ2v) is 7.56. The highest BCUT2D eigenvalue weighted by molar-refractivity contribution is 7.80. The summed E-state index contributed by atoms with van der Waals surface area (Å²) in [6.07, 6.45) is 1.73. The minimum absolute atomic E-state index is 0.399. The van der Waals surface area contributed by atoms with Crippen LogP contribution in [0.3, 0.4) is 0 Å². The third kappa shape index (κ3) is 5.96. The smallest absolute Gasteiger partial charge is 0.191 e. The van der Waals surface area contributed by atoms with E-state index >= 15 is 0 Å². The normalized spacial score (nSPS) is 10.6. The van der Waals surface area contributed by atoms with E-state index in [0.29, 0.717) is 5.11 Å². The Bertz CT molecular complexity index is 1170. The van der Waals surface area contributed by atoms with Crippen molar-refractivity contribution in [2.24, 2.45) is 5.10 Å². The number of hydrogen-bond acceptors (Lipinski definition) is 4. The van der Waals surface area contributed by atoms with Crippen LogP contribution >= 0.6 is 12.2 Å². The van der Waals surface area contributed by atoms with Gasteiger partial charge in [-0.25, -0.2) is 0 Å². The number of rotatable bonds is 7. The fourth-order valence-corrected chi connectivity index (χ4v) is 3.51. The molecule has 0 unspecified atom stereocenters. The zero-order chi connectivity index (χ0) is 22.9. The molecule has 0 aliphatic carbocycles. The average molecular weight is 453 g/mol. The fraction of sp³-hybridized carbons (Fsp3) is 0.0370. The van der Waals surface area contributed by atoms with Gasteiger partial charge in [-0.05, 0) is 66.3 Å². The molecule has 0 heterocycles. The molecule has 0 bridgehead atoms. The molecule has 164 valence electrons. The standard InChI is InChI=1S/C27H24N4OS/c1-32-26-14-8-9-22(19-26)29-27(33)30-28-20-21-15-17-25(18-16-21)31(23-10-4-2-5-11-23)24-12-6-3-7-13-24/h2-20H,1H3,(H2,29,30,33). The zero-order valence-electron chi connectivity index (χ0n) is 18.2. The van der Waals surface area contributed by atoms with Crippen molar-refractivity contribution >= 4 is 46.3 Å². The van der Waals surface area contributed by atoms with E-state index in [1.165, 1.54) is 0 Å². The number of nitrogens with zero attached hydrogens (tertiary/aromatic N) is 2. The van der Waals surface area contributed by atoms with Crippen LogP contribution in [0.15, 0.2) is 114 Å². The van der Waals surface area contributed by atoms with Gasteiger partial charge in [-0.15, -0.1) is 0 Å². The predicted molar refractivity (Wildman–Crippen MR) is 141 cm³/mol. The maximum atomic E-state index is 5.31.